The number of carbonyl (C=O) groups is 2. The van der Waals surface area contributed by atoms with Crippen LogP contribution in [0.15, 0.2) is 18.3 Å². The molecule has 0 saturated carbocycles. The van der Waals surface area contributed by atoms with Gasteiger partial charge in [-0.1, -0.05) is 0 Å². The molecule has 1 aromatic heterocycles. The number of halogens is 3. The number of hydrogen-bond donors (Lipinski definition) is 1. The van der Waals surface area contributed by atoms with Crippen molar-refractivity contribution in [2.45, 2.75) is 32.0 Å². The number of pyridine rings is 1. The molecule has 0 spiro atoms. The zero-order valence-electron chi connectivity index (χ0n) is 13.1. The predicted molar refractivity (Wildman–Crippen MR) is 79.6 cm³/mol. The molecule has 2 heterocycles. The van der Waals surface area contributed by atoms with Crippen LogP contribution >= 0.6 is 0 Å². The van der Waals surface area contributed by atoms with Crippen LogP contribution in [-0.4, -0.2) is 48.8 Å². The van der Waals surface area contributed by atoms with Crippen LogP contribution in [0.25, 0.3) is 0 Å². The molecule has 1 aromatic rings. The smallest absolute Gasteiger partial charge is 0.405 e. The summed E-state index contributed by atoms with van der Waals surface area (Å²) >= 11 is 0. The zero-order chi connectivity index (χ0) is 17.7. The maximum absolute atomic E-state index is 12.2. The number of ether oxygens (including phenoxy) is 1. The van der Waals surface area contributed by atoms with Crippen LogP contribution in [-0.2, 0) is 9.53 Å². The Balaban J connectivity index is 2.04. The largest absolute Gasteiger partial charge is 0.462 e. The molecule has 0 radical (unpaired) electrons. The molecule has 1 aliphatic heterocycles. The molecule has 9 heteroatoms. The summed E-state index contributed by atoms with van der Waals surface area (Å²) in [6.07, 6.45) is -1.99. The lowest BCUT2D eigenvalue weighted by Gasteiger charge is -2.25. The summed E-state index contributed by atoms with van der Waals surface area (Å²) in [5.41, 5.74) is 0.276. The molecule has 0 bridgehead atoms. The van der Waals surface area contributed by atoms with Crippen LogP contribution in [0.5, 0.6) is 0 Å². The number of alkyl halides is 3. The first-order valence-corrected chi connectivity index (χ1v) is 7.56. The average molecular weight is 345 g/mol. The monoisotopic (exact) mass is 345 g/mol. The maximum atomic E-state index is 12.2. The van der Waals surface area contributed by atoms with Crippen molar-refractivity contribution >= 4 is 17.7 Å². The van der Waals surface area contributed by atoms with Gasteiger partial charge in [0, 0.05) is 12.7 Å². The van der Waals surface area contributed by atoms with E-state index in [2.05, 4.69) is 4.98 Å². The van der Waals surface area contributed by atoms with Crippen LogP contribution in [0.3, 0.4) is 0 Å². The number of nitrogens with zero attached hydrogens (tertiary/aromatic N) is 2. The van der Waals surface area contributed by atoms with Crippen LogP contribution < -0.4 is 10.2 Å². The van der Waals surface area contributed by atoms with Gasteiger partial charge in [-0.25, -0.2) is 9.78 Å². The lowest BCUT2D eigenvalue weighted by Crippen LogP contribution is -2.46. The summed E-state index contributed by atoms with van der Waals surface area (Å²) in [5, 5.41) is 1.90. The fourth-order valence-corrected chi connectivity index (χ4v) is 2.51. The van der Waals surface area contributed by atoms with E-state index in [0.29, 0.717) is 25.2 Å². The maximum Gasteiger partial charge on any atom is 0.405 e. The highest BCUT2D eigenvalue weighted by atomic mass is 19.4. The van der Waals surface area contributed by atoms with Crippen molar-refractivity contribution in [2.75, 3.05) is 24.6 Å². The van der Waals surface area contributed by atoms with Gasteiger partial charge in [0.05, 0.1) is 12.2 Å². The summed E-state index contributed by atoms with van der Waals surface area (Å²) in [6, 6.07) is 2.37. The summed E-state index contributed by atoms with van der Waals surface area (Å²) in [7, 11) is 0. The number of carbonyl (C=O) groups excluding carboxylic acids is 2. The molecule has 2 rings (SSSR count). The first-order valence-electron chi connectivity index (χ1n) is 7.56. The van der Waals surface area contributed by atoms with Crippen molar-refractivity contribution < 1.29 is 27.5 Å². The number of rotatable bonds is 5. The lowest BCUT2D eigenvalue weighted by atomic mass is 10.2. The molecular formula is C15H18F3N3O3. The number of anilines is 1. The van der Waals surface area contributed by atoms with Gasteiger partial charge in [-0.05, 0) is 31.9 Å². The highest BCUT2D eigenvalue weighted by Crippen LogP contribution is 2.24. The van der Waals surface area contributed by atoms with Crippen molar-refractivity contribution in [3.05, 3.63) is 23.9 Å². The summed E-state index contributed by atoms with van der Waals surface area (Å²) < 4.78 is 41.5. The summed E-state index contributed by atoms with van der Waals surface area (Å²) in [4.78, 5) is 29.3. The van der Waals surface area contributed by atoms with Gasteiger partial charge in [-0.3, -0.25) is 4.79 Å². The Bertz CT molecular complexity index is 590. The predicted octanol–water partition coefficient (Wildman–Crippen LogP) is 1.91. The molecule has 0 aromatic carbocycles. The number of hydrogen-bond acceptors (Lipinski definition) is 5. The molecule has 1 amide bonds. The Hall–Kier alpha value is -2.32. The van der Waals surface area contributed by atoms with Gasteiger partial charge in [-0.15, -0.1) is 0 Å². The summed E-state index contributed by atoms with van der Waals surface area (Å²) in [5.74, 6) is -0.744. The number of esters is 1. The Kier molecular flexibility index (Phi) is 5.63. The second-order valence-corrected chi connectivity index (χ2v) is 5.31. The molecule has 1 atom stereocenters. The van der Waals surface area contributed by atoms with Gasteiger partial charge in [-0.2, -0.15) is 13.2 Å². The number of aromatic nitrogens is 1. The van der Waals surface area contributed by atoms with Crippen molar-refractivity contribution in [1.82, 2.24) is 10.3 Å². The minimum absolute atomic E-state index is 0.244. The fourth-order valence-electron chi connectivity index (χ4n) is 2.51. The van der Waals surface area contributed by atoms with Crippen LogP contribution in [0.1, 0.15) is 30.1 Å². The molecule has 132 valence electrons. The molecule has 1 saturated heterocycles. The van der Waals surface area contributed by atoms with Crippen molar-refractivity contribution in [3.8, 4) is 0 Å². The van der Waals surface area contributed by atoms with E-state index in [1.165, 1.54) is 12.3 Å². The van der Waals surface area contributed by atoms with Crippen LogP contribution in [0, 0.1) is 0 Å². The van der Waals surface area contributed by atoms with Gasteiger partial charge in [0.2, 0.25) is 5.91 Å². The van der Waals surface area contributed by atoms with Crippen molar-refractivity contribution in [1.29, 1.82) is 0 Å². The Morgan fingerprint density at radius 1 is 1.42 bits per heavy atom. The average Bonchev–Trinajstić information content (AvgIpc) is 3.02. The first-order chi connectivity index (χ1) is 11.3. The summed E-state index contributed by atoms with van der Waals surface area (Å²) in [6.45, 7) is 1.09. The normalized spacial score (nSPS) is 17.7. The number of amides is 1. The van der Waals surface area contributed by atoms with E-state index in [-0.39, 0.29) is 12.2 Å². The third kappa shape index (κ3) is 4.59. The molecule has 24 heavy (non-hydrogen) atoms. The third-order valence-electron chi connectivity index (χ3n) is 3.57. The van der Waals surface area contributed by atoms with E-state index >= 15 is 0 Å². The second kappa shape index (κ2) is 7.50. The Morgan fingerprint density at radius 3 is 2.75 bits per heavy atom. The topological polar surface area (TPSA) is 71.5 Å². The lowest BCUT2D eigenvalue weighted by molar-refractivity contribution is -0.139. The third-order valence-corrected chi connectivity index (χ3v) is 3.57. The molecule has 6 nitrogen and oxygen atoms in total. The Morgan fingerprint density at radius 2 is 2.17 bits per heavy atom. The minimum atomic E-state index is -4.45. The van der Waals surface area contributed by atoms with Crippen molar-refractivity contribution in [3.63, 3.8) is 0 Å². The van der Waals surface area contributed by atoms with Gasteiger partial charge in [0.25, 0.3) is 0 Å². The highest BCUT2D eigenvalue weighted by Gasteiger charge is 2.34. The van der Waals surface area contributed by atoms with Gasteiger partial charge < -0.3 is 15.0 Å². The van der Waals surface area contributed by atoms with E-state index in [0.717, 1.165) is 0 Å². The van der Waals surface area contributed by atoms with E-state index < -0.39 is 30.6 Å². The molecule has 1 aliphatic rings. The van der Waals surface area contributed by atoms with E-state index in [9.17, 15) is 22.8 Å². The van der Waals surface area contributed by atoms with E-state index in [4.69, 9.17) is 4.74 Å². The van der Waals surface area contributed by atoms with Crippen molar-refractivity contribution in [2.24, 2.45) is 0 Å². The Labute approximate surface area is 137 Å². The fraction of sp³-hybridized carbons (Fsp3) is 0.533. The molecule has 0 aliphatic carbocycles. The van der Waals surface area contributed by atoms with Gasteiger partial charge >= 0.3 is 12.1 Å². The van der Waals surface area contributed by atoms with E-state index in [1.54, 1.807) is 17.9 Å². The SMILES string of the molecule is CCOC(=O)c1ccc(N2CCCC2C(=O)NCC(F)(F)F)nc1. The number of nitrogens with one attached hydrogen (secondary N) is 1. The second-order valence-electron chi connectivity index (χ2n) is 5.31. The minimum Gasteiger partial charge on any atom is -0.462 e. The highest BCUT2D eigenvalue weighted by molar-refractivity contribution is 5.89. The van der Waals surface area contributed by atoms with Gasteiger partial charge in [0.15, 0.2) is 0 Å². The quantitative estimate of drug-likeness (QED) is 0.826. The van der Waals surface area contributed by atoms with Crippen LogP contribution in [0.4, 0.5) is 19.0 Å². The molecular weight excluding hydrogens is 327 g/mol. The van der Waals surface area contributed by atoms with Crippen LogP contribution in [0.2, 0.25) is 0 Å². The molecule has 1 fully saturated rings. The molecule has 1 unspecified atom stereocenters. The zero-order valence-corrected chi connectivity index (χ0v) is 13.1. The molecule has 1 N–H and O–H groups in total. The van der Waals surface area contributed by atoms with E-state index in [1.807, 2.05) is 5.32 Å². The van der Waals surface area contributed by atoms with Gasteiger partial charge in [0.1, 0.15) is 18.4 Å². The first kappa shape index (κ1) is 18.0. The standard InChI is InChI=1S/C15H18F3N3O3/c1-2-24-14(23)10-5-6-12(19-8-10)21-7-3-4-11(21)13(22)20-9-15(16,17)18/h5-6,8,11H,2-4,7,9H2,1H3,(H,20,22).